The van der Waals surface area contributed by atoms with Gasteiger partial charge < -0.3 is 29.8 Å². The van der Waals surface area contributed by atoms with Crippen LogP contribution in [0.3, 0.4) is 0 Å². The number of carbonyl (C=O) groups excluding carboxylic acids is 2. The molecule has 5 aromatic rings. The Kier molecular flexibility index (Phi) is 13.6. The van der Waals surface area contributed by atoms with Crippen molar-refractivity contribution < 1.29 is 29.4 Å². The van der Waals surface area contributed by atoms with Gasteiger partial charge in [0.05, 0.1) is 29.8 Å². The monoisotopic (exact) mass is 775 g/mol. The third-order valence-electron chi connectivity index (χ3n) is 11.2. The van der Waals surface area contributed by atoms with Crippen LogP contribution in [0.15, 0.2) is 102 Å². The number of hydrogen-bond donors (Lipinski definition) is 5. The zero-order chi connectivity index (χ0) is 39.6. The van der Waals surface area contributed by atoms with Crippen molar-refractivity contribution >= 4 is 22.8 Å². The van der Waals surface area contributed by atoms with E-state index in [0.29, 0.717) is 25.8 Å². The molecule has 12 nitrogen and oxygen atoms in total. The third-order valence-corrected chi connectivity index (χ3v) is 11.2. The molecule has 0 aliphatic carbocycles. The maximum atomic E-state index is 12.9. The summed E-state index contributed by atoms with van der Waals surface area (Å²) < 4.78 is 15.3. The van der Waals surface area contributed by atoms with E-state index < -0.39 is 6.29 Å². The van der Waals surface area contributed by atoms with Crippen LogP contribution in [0.4, 0.5) is 0 Å². The number of ether oxygens (including phenoxy) is 2. The van der Waals surface area contributed by atoms with Crippen molar-refractivity contribution in [1.29, 1.82) is 0 Å². The van der Waals surface area contributed by atoms with Crippen molar-refractivity contribution in [2.75, 3.05) is 19.6 Å². The zero-order valence-corrected chi connectivity index (χ0v) is 32.3. The SMILES string of the molecule is O=C(CCCCCCC(=O)NCc1cccc(-c2ccc([C@H]3O[C@@H](CN4CCC(n5c(=O)[nH]c6ccccc65)CC4)C[C@@H](c4ccc(CO)cc4)O3)cc2)c1)NO. The number of fused-ring (bicyclic) bond motifs is 1. The lowest BCUT2D eigenvalue weighted by Crippen LogP contribution is -2.43. The van der Waals surface area contributed by atoms with Crippen LogP contribution in [-0.4, -0.2) is 62.3 Å². The van der Waals surface area contributed by atoms with Gasteiger partial charge in [-0.15, -0.1) is 0 Å². The molecule has 1 aromatic heterocycles. The minimum atomic E-state index is -0.566. The lowest BCUT2D eigenvalue weighted by molar-refractivity contribution is -0.253. The van der Waals surface area contributed by atoms with Gasteiger partial charge in [0.15, 0.2) is 6.29 Å². The predicted octanol–water partition coefficient (Wildman–Crippen LogP) is 6.83. The number of H-pyrrole nitrogens is 1. The molecule has 12 heteroatoms. The molecular formula is C45H53N5O7. The smallest absolute Gasteiger partial charge is 0.326 e. The maximum Gasteiger partial charge on any atom is 0.326 e. The molecule has 300 valence electrons. The molecule has 2 fully saturated rings. The van der Waals surface area contributed by atoms with E-state index in [0.717, 1.165) is 96.2 Å². The summed E-state index contributed by atoms with van der Waals surface area (Å²) in [5.41, 5.74) is 9.35. The van der Waals surface area contributed by atoms with Crippen molar-refractivity contribution in [1.82, 2.24) is 25.2 Å². The first-order valence-corrected chi connectivity index (χ1v) is 20.2. The van der Waals surface area contributed by atoms with Gasteiger partial charge in [0.25, 0.3) is 0 Å². The molecule has 0 spiro atoms. The highest BCUT2D eigenvalue weighted by Crippen LogP contribution is 2.39. The van der Waals surface area contributed by atoms with Crippen LogP contribution < -0.4 is 16.5 Å². The van der Waals surface area contributed by atoms with E-state index >= 15 is 0 Å². The van der Waals surface area contributed by atoms with E-state index in [1.165, 1.54) is 0 Å². The third kappa shape index (κ3) is 10.4. The molecule has 2 aliphatic rings. The molecule has 57 heavy (non-hydrogen) atoms. The lowest BCUT2D eigenvalue weighted by Gasteiger charge is -2.40. The van der Waals surface area contributed by atoms with Gasteiger partial charge in [-0.3, -0.25) is 19.4 Å². The molecule has 0 bridgehead atoms. The number of benzene rings is 4. The Hall–Kier alpha value is -5.11. The summed E-state index contributed by atoms with van der Waals surface area (Å²) >= 11 is 0. The van der Waals surface area contributed by atoms with Crippen LogP contribution in [0.2, 0.25) is 0 Å². The summed E-state index contributed by atoms with van der Waals surface area (Å²) in [6.45, 7) is 2.91. The Morgan fingerprint density at radius 1 is 0.772 bits per heavy atom. The molecule has 7 rings (SSSR count). The lowest BCUT2D eigenvalue weighted by atomic mass is 9.98. The van der Waals surface area contributed by atoms with E-state index in [2.05, 4.69) is 51.6 Å². The van der Waals surface area contributed by atoms with Crippen molar-refractivity contribution in [3.8, 4) is 11.1 Å². The highest BCUT2D eigenvalue weighted by molar-refractivity contribution is 5.76. The fraction of sp³-hybridized carbons (Fsp3) is 0.400. The average Bonchev–Trinajstić information content (AvgIpc) is 3.59. The fourth-order valence-electron chi connectivity index (χ4n) is 8.08. The van der Waals surface area contributed by atoms with Crippen molar-refractivity contribution in [2.45, 2.75) is 95.5 Å². The van der Waals surface area contributed by atoms with Gasteiger partial charge in [-0.2, -0.15) is 0 Å². The molecule has 3 atom stereocenters. The molecule has 2 saturated heterocycles. The van der Waals surface area contributed by atoms with E-state index in [1.807, 2.05) is 65.2 Å². The van der Waals surface area contributed by atoms with Crippen LogP contribution in [0, 0.1) is 0 Å². The summed E-state index contributed by atoms with van der Waals surface area (Å²) in [7, 11) is 0. The number of piperidine rings is 1. The molecule has 4 aromatic carbocycles. The minimum absolute atomic E-state index is 0.00181. The second kappa shape index (κ2) is 19.4. The normalized spacial score (nSPS) is 19.1. The van der Waals surface area contributed by atoms with Crippen LogP contribution in [0.5, 0.6) is 0 Å². The molecule has 0 saturated carbocycles. The van der Waals surface area contributed by atoms with Crippen molar-refractivity contribution in [3.05, 3.63) is 130 Å². The van der Waals surface area contributed by atoms with E-state index in [-0.39, 0.29) is 48.8 Å². The number of nitrogens with zero attached hydrogens (tertiary/aromatic N) is 2. The summed E-state index contributed by atoms with van der Waals surface area (Å²) in [6, 6.07) is 32.4. The molecule has 0 unspecified atom stereocenters. The summed E-state index contributed by atoms with van der Waals surface area (Å²) in [5.74, 6) is -0.386. The second-order valence-corrected chi connectivity index (χ2v) is 15.2. The van der Waals surface area contributed by atoms with Gasteiger partial charge in [0.2, 0.25) is 11.8 Å². The second-order valence-electron chi connectivity index (χ2n) is 15.2. The molecule has 2 amide bonds. The summed E-state index contributed by atoms with van der Waals surface area (Å²) in [5, 5.41) is 21.2. The minimum Gasteiger partial charge on any atom is -0.392 e. The quantitative estimate of drug-likeness (QED) is 0.0415. The number of rotatable bonds is 16. The van der Waals surface area contributed by atoms with Crippen LogP contribution in [0.1, 0.15) is 98.5 Å². The van der Waals surface area contributed by atoms with E-state index in [4.69, 9.17) is 14.7 Å². The van der Waals surface area contributed by atoms with Gasteiger partial charge in [0.1, 0.15) is 0 Å². The first-order chi connectivity index (χ1) is 27.9. The Labute approximate surface area is 332 Å². The Bertz CT molecular complexity index is 2140. The van der Waals surface area contributed by atoms with E-state index in [9.17, 15) is 19.5 Å². The number of likely N-dealkylation sites (tertiary alicyclic amines) is 1. The van der Waals surface area contributed by atoms with Crippen molar-refractivity contribution in [2.24, 2.45) is 0 Å². The Morgan fingerprint density at radius 3 is 2.23 bits per heavy atom. The van der Waals surface area contributed by atoms with Crippen LogP contribution in [-0.2, 0) is 32.2 Å². The molecule has 3 heterocycles. The maximum absolute atomic E-state index is 12.9. The van der Waals surface area contributed by atoms with Gasteiger partial charge >= 0.3 is 5.69 Å². The van der Waals surface area contributed by atoms with Crippen LogP contribution >= 0.6 is 0 Å². The van der Waals surface area contributed by atoms with Gasteiger partial charge in [-0.05, 0) is 71.7 Å². The first-order valence-electron chi connectivity index (χ1n) is 20.2. The standard InChI is InChI=1S/C45H53N5O7/c51-30-31-14-16-34(17-15-31)41-27-38(29-49-24-22-37(23-25-49)50-40-11-6-5-10-39(40)47-45(50)54)56-44(57-41)35-20-18-33(19-21-35)36-9-7-8-32(26-36)28-46-42(52)12-3-1-2-4-13-43(53)48-55/h5-11,14-21,26,37-38,41,44,51,55H,1-4,12-13,22-25,27-30H2,(H,46,52)(H,47,54)(H,48,53)/t38-,41+,44+/m1/s1. The number of nitrogens with one attached hydrogen (secondary N) is 3. The Balaban J connectivity index is 0.963. The van der Waals surface area contributed by atoms with E-state index in [1.54, 1.807) is 5.48 Å². The average molecular weight is 776 g/mol. The molecule has 5 N–H and O–H groups in total. The number of aromatic amines is 1. The highest BCUT2D eigenvalue weighted by Gasteiger charge is 2.34. The highest BCUT2D eigenvalue weighted by atomic mass is 16.7. The number of hydroxylamine groups is 1. The van der Waals surface area contributed by atoms with Gasteiger partial charge in [-0.1, -0.05) is 91.7 Å². The fourth-order valence-corrected chi connectivity index (χ4v) is 8.08. The number of aliphatic hydroxyl groups excluding tert-OH is 1. The summed E-state index contributed by atoms with van der Waals surface area (Å²) in [6.07, 6.45) is 5.46. The first kappa shape index (κ1) is 40.1. The Morgan fingerprint density at radius 2 is 1.49 bits per heavy atom. The topological polar surface area (TPSA) is 158 Å². The predicted molar refractivity (Wildman–Crippen MR) is 217 cm³/mol. The van der Waals surface area contributed by atoms with Crippen molar-refractivity contribution in [3.63, 3.8) is 0 Å². The number of carbonyl (C=O) groups is 2. The largest absolute Gasteiger partial charge is 0.392 e. The number of hydrogen-bond acceptors (Lipinski definition) is 8. The molecular weight excluding hydrogens is 723 g/mol. The molecule has 2 aliphatic heterocycles. The number of para-hydroxylation sites is 2. The number of imidazole rings is 1. The summed E-state index contributed by atoms with van der Waals surface area (Å²) in [4.78, 5) is 41.9. The molecule has 0 radical (unpaired) electrons. The number of aromatic nitrogens is 2. The number of amides is 2. The van der Waals surface area contributed by atoms with Gasteiger partial charge in [-0.25, -0.2) is 10.3 Å². The number of aliphatic hydroxyl groups is 1. The van der Waals surface area contributed by atoms with Crippen LogP contribution in [0.25, 0.3) is 22.2 Å². The number of unbranched alkanes of at least 4 members (excludes halogenated alkanes) is 3. The zero-order valence-electron chi connectivity index (χ0n) is 32.3. The van der Waals surface area contributed by atoms with Gasteiger partial charge in [0, 0.05) is 57.0 Å².